The van der Waals surface area contributed by atoms with Crippen molar-refractivity contribution in [2.45, 2.75) is 19.8 Å². The molecule has 0 saturated heterocycles. The Bertz CT molecular complexity index is 445. The van der Waals surface area contributed by atoms with E-state index in [9.17, 15) is 4.79 Å². The van der Waals surface area contributed by atoms with E-state index in [4.69, 9.17) is 10.5 Å². The zero-order chi connectivity index (χ0) is 13.1. The minimum atomic E-state index is -0.102. The number of benzene rings is 1. The fraction of sp³-hybridized carbons (Fsp3) is 0.500. The molecule has 0 saturated carbocycles. The lowest BCUT2D eigenvalue weighted by Crippen LogP contribution is -2.31. The fourth-order valence-electron chi connectivity index (χ4n) is 2.14. The van der Waals surface area contributed by atoms with Crippen molar-refractivity contribution in [3.63, 3.8) is 0 Å². The lowest BCUT2D eigenvalue weighted by atomic mass is 10.1. The van der Waals surface area contributed by atoms with Crippen LogP contribution in [0.3, 0.4) is 0 Å². The smallest absolute Gasteiger partial charge is 0.233 e. The molecule has 2 N–H and O–H groups in total. The van der Waals surface area contributed by atoms with Crippen LogP contribution in [0.15, 0.2) is 18.2 Å². The van der Waals surface area contributed by atoms with Crippen LogP contribution in [-0.4, -0.2) is 26.1 Å². The Labute approximate surface area is 108 Å². The first-order valence-corrected chi connectivity index (χ1v) is 6.37. The molecule has 0 aliphatic carbocycles. The third-order valence-electron chi connectivity index (χ3n) is 3.30. The molecule has 0 aromatic heterocycles. The summed E-state index contributed by atoms with van der Waals surface area (Å²) in [5.74, 6) is 0.784. The molecule has 1 unspecified atom stereocenters. The highest BCUT2D eigenvalue weighted by molar-refractivity contribution is 5.96. The first kappa shape index (κ1) is 12.9. The second kappa shape index (κ2) is 5.40. The summed E-state index contributed by atoms with van der Waals surface area (Å²) in [6.07, 6.45) is 1.88. The van der Waals surface area contributed by atoms with E-state index >= 15 is 0 Å². The molecule has 1 aliphatic rings. The molecule has 1 aliphatic heterocycles. The van der Waals surface area contributed by atoms with Gasteiger partial charge in [0.15, 0.2) is 0 Å². The van der Waals surface area contributed by atoms with Crippen LogP contribution in [0, 0.1) is 5.92 Å². The van der Waals surface area contributed by atoms with Gasteiger partial charge in [-0.05, 0) is 37.1 Å². The van der Waals surface area contributed by atoms with Crippen molar-refractivity contribution in [3.05, 3.63) is 23.8 Å². The molecule has 1 amide bonds. The summed E-state index contributed by atoms with van der Waals surface area (Å²) in [7, 11) is 1.80. The maximum Gasteiger partial charge on any atom is 0.233 e. The zero-order valence-corrected chi connectivity index (χ0v) is 11.0. The molecule has 1 atom stereocenters. The first-order chi connectivity index (χ1) is 8.63. The molecule has 18 heavy (non-hydrogen) atoms. The van der Waals surface area contributed by atoms with Crippen LogP contribution < -0.4 is 15.4 Å². The number of aryl methyl sites for hydroxylation is 1. The van der Waals surface area contributed by atoms with Gasteiger partial charge in [-0.15, -0.1) is 0 Å². The van der Waals surface area contributed by atoms with Crippen molar-refractivity contribution in [2.75, 3.05) is 25.1 Å². The summed E-state index contributed by atoms with van der Waals surface area (Å²) >= 11 is 0. The van der Waals surface area contributed by atoms with Gasteiger partial charge in [-0.1, -0.05) is 13.0 Å². The Morgan fingerprint density at radius 2 is 2.28 bits per heavy atom. The minimum absolute atomic E-state index is 0.102. The van der Waals surface area contributed by atoms with Gasteiger partial charge in [0.25, 0.3) is 0 Å². The van der Waals surface area contributed by atoms with Gasteiger partial charge in [-0.3, -0.25) is 4.79 Å². The third-order valence-corrected chi connectivity index (χ3v) is 3.30. The Balaban J connectivity index is 2.30. The van der Waals surface area contributed by atoms with Gasteiger partial charge in [0.1, 0.15) is 5.75 Å². The monoisotopic (exact) mass is 248 g/mol. The van der Waals surface area contributed by atoms with Crippen molar-refractivity contribution in [3.8, 4) is 5.75 Å². The molecule has 0 bridgehead atoms. The normalized spacial score (nSPS) is 19.2. The van der Waals surface area contributed by atoms with Crippen molar-refractivity contribution in [1.82, 2.24) is 0 Å². The van der Waals surface area contributed by atoms with Crippen LogP contribution >= 0.6 is 0 Å². The number of carbonyl (C=O) groups is 1. The summed E-state index contributed by atoms with van der Waals surface area (Å²) < 4.78 is 5.67. The van der Waals surface area contributed by atoms with Gasteiger partial charge >= 0.3 is 0 Å². The van der Waals surface area contributed by atoms with Gasteiger partial charge in [0, 0.05) is 7.05 Å². The van der Waals surface area contributed by atoms with Gasteiger partial charge in [-0.25, -0.2) is 0 Å². The predicted molar refractivity (Wildman–Crippen MR) is 71.9 cm³/mol. The Morgan fingerprint density at radius 1 is 1.50 bits per heavy atom. The van der Waals surface area contributed by atoms with E-state index in [-0.39, 0.29) is 11.8 Å². The summed E-state index contributed by atoms with van der Waals surface area (Å²) in [5, 5.41) is 0. The molecule has 4 heteroatoms. The minimum Gasteiger partial charge on any atom is -0.491 e. The maximum atomic E-state index is 12.1. The van der Waals surface area contributed by atoms with Crippen LogP contribution in [0.4, 0.5) is 5.69 Å². The van der Waals surface area contributed by atoms with Crippen molar-refractivity contribution >= 4 is 11.6 Å². The maximum absolute atomic E-state index is 12.1. The predicted octanol–water partition coefficient (Wildman–Crippen LogP) is 1.57. The zero-order valence-electron chi connectivity index (χ0n) is 11.0. The Kier molecular flexibility index (Phi) is 3.87. The molecule has 0 spiro atoms. The summed E-state index contributed by atoms with van der Waals surface area (Å²) in [5.41, 5.74) is 7.57. The van der Waals surface area contributed by atoms with E-state index in [1.807, 2.05) is 25.1 Å². The first-order valence-electron chi connectivity index (χ1n) is 6.37. The van der Waals surface area contributed by atoms with Gasteiger partial charge < -0.3 is 15.4 Å². The number of nitrogens with zero attached hydrogens (tertiary/aromatic N) is 1. The average Bonchev–Trinajstić information content (AvgIpc) is 2.49. The molecule has 0 fully saturated rings. The third kappa shape index (κ3) is 2.48. The number of nitrogens with two attached hydrogens (primary N) is 1. The number of hydrogen-bond acceptors (Lipinski definition) is 3. The standard InChI is InChI=1S/C14H20N2O2/c1-10-9-18-13-6-5-11(4-3-7-15)8-12(13)16(2)14(10)17/h5-6,8,10H,3-4,7,9,15H2,1-2H3. The number of hydrogen-bond donors (Lipinski definition) is 1. The van der Waals surface area contributed by atoms with Gasteiger partial charge in [0.05, 0.1) is 18.2 Å². The van der Waals surface area contributed by atoms with E-state index in [2.05, 4.69) is 0 Å². The molecular weight excluding hydrogens is 228 g/mol. The molecule has 4 nitrogen and oxygen atoms in total. The summed E-state index contributed by atoms with van der Waals surface area (Å²) in [6.45, 7) is 3.01. The number of rotatable bonds is 3. The molecule has 1 heterocycles. The number of anilines is 1. The quantitative estimate of drug-likeness (QED) is 0.883. The van der Waals surface area contributed by atoms with Crippen molar-refractivity contribution in [2.24, 2.45) is 11.7 Å². The lowest BCUT2D eigenvalue weighted by molar-refractivity contribution is -0.122. The molecule has 1 aromatic carbocycles. The molecule has 2 rings (SSSR count). The highest BCUT2D eigenvalue weighted by Crippen LogP contribution is 2.32. The van der Waals surface area contributed by atoms with Crippen molar-refractivity contribution in [1.29, 1.82) is 0 Å². The Hall–Kier alpha value is -1.55. The largest absolute Gasteiger partial charge is 0.491 e. The number of ether oxygens (including phenoxy) is 1. The van der Waals surface area contributed by atoms with Crippen LogP contribution in [0.5, 0.6) is 5.75 Å². The number of fused-ring (bicyclic) bond motifs is 1. The molecule has 0 radical (unpaired) electrons. The van der Waals surface area contributed by atoms with E-state index in [0.29, 0.717) is 13.2 Å². The highest BCUT2D eigenvalue weighted by Gasteiger charge is 2.25. The lowest BCUT2D eigenvalue weighted by Gasteiger charge is -2.18. The molecular formula is C14H20N2O2. The SMILES string of the molecule is CC1COc2ccc(CCCN)cc2N(C)C1=O. The number of carbonyl (C=O) groups excluding carboxylic acids is 1. The van der Waals surface area contributed by atoms with Gasteiger partial charge in [0.2, 0.25) is 5.91 Å². The van der Waals surface area contributed by atoms with Crippen LogP contribution in [0.2, 0.25) is 0 Å². The van der Waals surface area contributed by atoms with Crippen LogP contribution in [-0.2, 0) is 11.2 Å². The van der Waals surface area contributed by atoms with E-state index in [0.717, 1.165) is 24.3 Å². The molecule has 1 aromatic rings. The van der Waals surface area contributed by atoms with Gasteiger partial charge in [-0.2, -0.15) is 0 Å². The second-order valence-corrected chi connectivity index (χ2v) is 4.80. The van der Waals surface area contributed by atoms with Crippen LogP contribution in [0.1, 0.15) is 18.9 Å². The van der Waals surface area contributed by atoms with E-state index in [1.165, 1.54) is 5.56 Å². The van der Waals surface area contributed by atoms with E-state index in [1.54, 1.807) is 11.9 Å². The average molecular weight is 248 g/mol. The number of amides is 1. The molecule has 98 valence electrons. The topological polar surface area (TPSA) is 55.6 Å². The highest BCUT2D eigenvalue weighted by atomic mass is 16.5. The Morgan fingerprint density at radius 3 is 3.00 bits per heavy atom. The van der Waals surface area contributed by atoms with Crippen LogP contribution in [0.25, 0.3) is 0 Å². The second-order valence-electron chi connectivity index (χ2n) is 4.80. The van der Waals surface area contributed by atoms with Crippen molar-refractivity contribution < 1.29 is 9.53 Å². The summed E-state index contributed by atoms with van der Waals surface area (Å²) in [6, 6.07) is 6.02. The summed E-state index contributed by atoms with van der Waals surface area (Å²) in [4.78, 5) is 13.8. The fourth-order valence-corrected chi connectivity index (χ4v) is 2.14. The van der Waals surface area contributed by atoms with E-state index < -0.39 is 0 Å².